The van der Waals surface area contributed by atoms with Gasteiger partial charge in [0.2, 0.25) is 5.78 Å². The van der Waals surface area contributed by atoms with E-state index in [1.165, 1.54) is 25.2 Å². The topological polar surface area (TPSA) is 54.5 Å². The van der Waals surface area contributed by atoms with Crippen molar-refractivity contribution in [1.29, 1.82) is 0 Å². The quantitative estimate of drug-likeness (QED) is 0.459. The minimum atomic E-state index is -0.398. The number of nitrogens with zero attached hydrogens (tertiary/aromatic N) is 1. The summed E-state index contributed by atoms with van der Waals surface area (Å²) in [7, 11) is 1.42. The van der Waals surface area contributed by atoms with Gasteiger partial charge in [-0.15, -0.1) is 0 Å². The molecule has 2 aromatic carbocycles. The second-order valence-corrected chi connectivity index (χ2v) is 4.87. The van der Waals surface area contributed by atoms with Crippen LogP contribution in [0.1, 0.15) is 36.6 Å². The van der Waals surface area contributed by atoms with E-state index in [1.54, 1.807) is 12.1 Å². The van der Waals surface area contributed by atoms with Crippen molar-refractivity contribution in [2.24, 2.45) is 0 Å². The summed E-state index contributed by atoms with van der Waals surface area (Å²) in [4.78, 5) is 36.9. The van der Waals surface area contributed by atoms with E-state index < -0.39 is 5.91 Å². The van der Waals surface area contributed by atoms with Crippen LogP contribution < -0.4 is 0 Å². The molecule has 0 saturated heterocycles. The van der Waals surface area contributed by atoms with Gasteiger partial charge in [0, 0.05) is 18.2 Å². The molecule has 2 aromatic rings. The van der Waals surface area contributed by atoms with Gasteiger partial charge in [-0.2, -0.15) is 0 Å². The maximum atomic E-state index is 12.1. The van der Waals surface area contributed by atoms with E-state index >= 15 is 0 Å². The minimum Gasteiger partial charge on any atom is -0.279 e. The van der Waals surface area contributed by atoms with Gasteiger partial charge in [-0.05, 0) is 36.3 Å². The highest BCUT2D eigenvalue weighted by molar-refractivity contribution is 6.22. The normalized spacial score (nSPS) is 12.7. The number of amides is 2. The summed E-state index contributed by atoms with van der Waals surface area (Å²) in [5, 5.41) is 0. The van der Waals surface area contributed by atoms with Crippen LogP contribution in [-0.2, 0) is 0 Å². The largest absolute Gasteiger partial charge is 0.279 e. The summed E-state index contributed by atoms with van der Waals surface area (Å²) in [5.74, 6) is 4.18. The van der Waals surface area contributed by atoms with Crippen molar-refractivity contribution in [2.75, 3.05) is 7.05 Å². The molecule has 4 nitrogen and oxygen atoms in total. The van der Waals surface area contributed by atoms with Crippen molar-refractivity contribution in [3.8, 4) is 11.8 Å². The van der Waals surface area contributed by atoms with Crippen molar-refractivity contribution in [3.63, 3.8) is 0 Å². The lowest BCUT2D eigenvalue weighted by molar-refractivity contribution is 0.0693. The molecule has 0 spiro atoms. The SMILES string of the molecule is CN1C(=O)c2ccc(C(=O)C#Cc3ccccc3)cc2C1=O. The summed E-state index contributed by atoms with van der Waals surface area (Å²) in [6, 6.07) is 13.6. The molecule has 0 atom stereocenters. The lowest BCUT2D eigenvalue weighted by Gasteiger charge is -2.02. The monoisotopic (exact) mass is 289 g/mol. The lowest BCUT2D eigenvalue weighted by Crippen LogP contribution is -2.24. The van der Waals surface area contributed by atoms with E-state index in [9.17, 15) is 14.4 Å². The fraction of sp³-hybridized carbons (Fsp3) is 0.0556. The van der Waals surface area contributed by atoms with Crippen molar-refractivity contribution in [1.82, 2.24) is 4.90 Å². The molecule has 0 radical (unpaired) electrons. The molecule has 0 unspecified atom stereocenters. The zero-order valence-corrected chi connectivity index (χ0v) is 11.8. The first kappa shape index (κ1) is 13.8. The van der Waals surface area contributed by atoms with Crippen LogP contribution in [0.4, 0.5) is 0 Å². The Bertz CT molecular complexity index is 857. The Hall–Kier alpha value is -3.19. The molecule has 0 saturated carbocycles. The molecule has 0 N–H and O–H groups in total. The second kappa shape index (κ2) is 5.30. The van der Waals surface area contributed by atoms with Crippen LogP contribution in [0.15, 0.2) is 48.5 Å². The molecule has 106 valence electrons. The first-order valence-electron chi connectivity index (χ1n) is 6.66. The molecule has 1 aliphatic rings. The van der Waals surface area contributed by atoms with Gasteiger partial charge >= 0.3 is 0 Å². The number of rotatable bonds is 1. The Morgan fingerprint density at radius 1 is 0.955 bits per heavy atom. The van der Waals surface area contributed by atoms with E-state index in [-0.39, 0.29) is 17.3 Å². The highest BCUT2D eigenvalue weighted by Crippen LogP contribution is 2.22. The summed E-state index contributed by atoms with van der Waals surface area (Å²) in [5.41, 5.74) is 1.61. The number of fused-ring (bicyclic) bond motifs is 1. The molecule has 0 aliphatic carbocycles. The van der Waals surface area contributed by atoms with Gasteiger partial charge in [-0.3, -0.25) is 19.3 Å². The third-order valence-corrected chi connectivity index (χ3v) is 3.45. The van der Waals surface area contributed by atoms with Gasteiger partial charge in [0.15, 0.2) is 0 Å². The first-order chi connectivity index (χ1) is 10.6. The van der Waals surface area contributed by atoms with Crippen molar-refractivity contribution in [2.45, 2.75) is 0 Å². The number of carbonyl (C=O) groups is 3. The predicted molar refractivity (Wildman–Crippen MR) is 80.5 cm³/mol. The van der Waals surface area contributed by atoms with Gasteiger partial charge in [0.1, 0.15) is 0 Å². The van der Waals surface area contributed by atoms with Crippen molar-refractivity contribution in [3.05, 3.63) is 70.8 Å². The fourth-order valence-electron chi connectivity index (χ4n) is 2.23. The van der Waals surface area contributed by atoms with Gasteiger partial charge in [-0.25, -0.2) is 0 Å². The molecule has 1 heterocycles. The summed E-state index contributed by atoms with van der Waals surface area (Å²) < 4.78 is 0. The van der Waals surface area contributed by atoms with E-state index in [1.807, 2.05) is 18.2 Å². The zero-order valence-electron chi connectivity index (χ0n) is 11.8. The molecular formula is C18H11NO3. The van der Waals surface area contributed by atoms with Crippen LogP contribution in [0, 0.1) is 11.8 Å². The van der Waals surface area contributed by atoms with Gasteiger partial charge in [0.05, 0.1) is 11.1 Å². The summed E-state index contributed by atoms with van der Waals surface area (Å²) in [6.45, 7) is 0. The van der Waals surface area contributed by atoms with Crippen LogP contribution >= 0.6 is 0 Å². The number of benzene rings is 2. The molecule has 4 heteroatoms. The standard InChI is InChI=1S/C18H11NO3/c1-19-17(21)14-9-8-13(11-15(14)18(19)22)16(20)10-7-12-5-3-2-4-6-12/h2-6,8-9,11H,1H3. The Labute approximate surface area is 127 Å². The molecule has 0 fully saturated rings. The number of hydrogen-bond acceptors (Lipinski definition) is 3. The number of carbonyl (C=O) groups excluding carboxylic acids is 3. The molecule has 2 amide bonds. The zero-order chi connectivity index (χ0) is 15.7. The molecule has 22 heavy (non-hydrogen) atoms. The highest BCUT2D eigenvalue weighted by atomic mass is 16.2. The Balaban J connectivity index is 1.92. The average molecular weight is 289 g/mol. The first-order valence-corrected chi connectivity index (χ1v) is 6.66. The molecular weight excluding hydrogens is 278 g/mol. The third kappa shape index (κ3) is 2.29. The molecule has 3 rings (SSSR count). The van der Waals surface area contributed by atoms with E-state index in [0.29, 0.717) is 11.1 Å². The van der Waals surface area contributed by atoms with E-state index in [4.69, 9.17) is 0 Å². The van der Waals surface area contributed by atoms with Crippen molar-refractivity contribution >= 4 is 17.6 Å². The third-order valence-electron chi connectivity index (χ3n) is 3.45. The van der Waals surface area contributed by atoms with E-state index in [2.05, 4.69) is 11.8 Å². The van der Waals surface area contributed by atoms with Crippen LogP contribution in [0.3, 0.4) is 0 Å². The van der Waals surface area contributed by atoms with Crippen LogP contribution in [0.25, 0.3) is 0 Å². The lowest BCUT2D eigenvalue weighted by atomic mass is 10.0. The van der Waals surface area contributed by atoms with Gasteiger partial charge in [-0.1, -0.05) is 24.1 Å². The Kier molecular flexibility index (Phi) is 3.32. The van der Waals surface area contributed by atoms with Gasteiger partial charge < -0.3 is 0 Å². The number of ketones is 1. The van der Waals surface area contributed by atoms with Crippen LogP contribution in [0.5, 0.6) is 0 Å². The summed E-state index contributed by atoms with van der Waals surface area (Å²) >= 11 is 0. The smallest absolute Gasteiger partial charge is 0.261 e. The maximum absolute atomic E-state index is 12.1. The minimum absolute atomic E-state index is 0.250. The molecule has 0 bridgehead atoms. The Morgan fingerprint density at radius 2 is 1.64 bits per heavy atom. The van der Waals surface area contributed by atoms with E-state index in [0.717, 1.165) is 10.5 Å². The van der Waals surface area contributed by atoms with Crippen LogP contribution in [-0.4, -0.2) is 29.5 Å². The average Bonchev–Trinajstić information content (AvgIpc) is 2.78. The highest BCUT2D eigenvalue weighted by Gasteiger charge is 2.33. The summed E-state index contributed by atoms with van der Waals surface area (Å²) in [6.07, 6.45) is 0. The Morgan fingerprint density at radius 3 is 2.36 bits per heavy atom. The van der Waals surface area contributed by atoms with Gasteiger partial charge in [0.25, 0.3) is 11.8 Å². The van der Waals surface area contributed by atoms with Crippen molar-refractivity contribution < 1.29 is 14.4 Å². The molecule has 0 aromatic heterocycles. The maximum Gasteiger partial charge on any atom is 0.261 e. The second-order valence-electron chi connectivity index (χ2n) is 4.87. The van der Waals surface area contributed by atoms with Crippen LogP contribution in [0.2, 0.25) is 0 Å². The number of Topliss-reactive ketones (excluding diaryl/α,β-unsaturated/α-hetero) is 1. The number of hydrogen-bond donors (Lipinski definition) is 0. The predicted octanol–water partition coefficient (Wildman–Crippen LogP) is 2.15. The number of imide groups is 1. The molecule has 1 aliphatic heterocycles. The fourth-order valence-corrected chi connectivity index (χ4v) is 2.23.